The van der Waals surface area contributed by atoms with Gasteiger partial charge in [-0.25, -0.2) is 4.79 Å². The Hall–Kier alpha value is -1.59. The SMILES string of the molecule is COC(=O)NC1CCN(C(C)C(=O)c2ccc(Cl)cc2)C1. The van der Waals surface area contributed by atoms with Crippen LogP contribution in [0.2, 0.25) is 5.02 Å². The Labute approximate surface area is 129 Å². The number of halogens is 1. The first-order valence-electron chi connectivity index (χ1n) is 6.89. The van der Waals surface area contributed by atoms with E-state index >= 15 is 0 Å². The van der Waals surface area contributed by atoms with Crippen molar-refractivity contribution in [2.45, 2.75) is 25.4 Å². The summed E-state index contributed by atoms with van der Waals surface area (Å²) in [6.07, 6.45) is 0.381. The fourth-order valence-electron chi connectivity index (χ4n) is 2.50. The molecular weight excluding hydrogens is 292 g/mol. The quantitative estimate of drug-likeness (QED) is 0.867. The maximum Gasteiger partial charge on any atom is 0.407 e. The predicted octanol–water partition coefficient (Wildman–Crippen LogP) is 2.34. The van der Waals surface area contributed by atoms with E-state index in [9.17, 15) is 9.59 Å². The van der Waals surface area contributed by atoms with Crippen LogP contribution in [0.15, 0.2) is 24.3 Å². The summed E-state index contributed by atoms with van der Waals surface area (Å²) in [5.41, 5.74) is 0.649. The zero-order chi connectivity index (χ0) is 15.4. The molecule has 0 radical (unpaired) electrons. The van der Waals surface area contributed by atoms with E-state index in [-0.39, 0.29) is 17.9 Å². The molecule has 6 heteroatoms. The zero-order valence-corrected chi connectivity index (χ0v) is 12.9. The molecule has 1 aromatic carbocycles. The number of alkyl carbamates (subject to hydrolysis) is 1. The summed E-state index contributed by atoms with van der Waals surface area (Å²) in [5.74, 6) is 0.0605. The van der Waals surface area contributed by atoms with Crippen molar-refractivity contribution in [3.63, 3.8) is 0 Å². The topological polar surface area (TPSA) is 58.6 Å². The molecule has 1 amide bonds. The molecule has 2 atom stereocenters. The summed E-state index contributed by atoms with van der Waals surface area (Å²) in [7, 11) is 1.34. The highest BCUT2D eigenvalue weighted by Crippen LogP contribution is 2.17. The average Bonchev–Trinajstić information content (AvgIpc) is 2.94. The van der Waals surface area contributed by atoms with Crippen molar-refractivity contribution in [2.75, 3.05) is 20.2 Å². The Balaban J connectivity index is 1.94. The third kappa shape index (κ3) is 3.95. The number of likely N-dealkylation sites (tertiary alicyclic amines) is 1. The second-order valence-electron chi connectivity index (χ2n) is 5.16. The van der Waals surface area contributed by atoms with Crippen molar-refractivity contribution in [3.05, 3.63) is 34.9 Å². The number of nitrogens with zero attached hydrogens (tertiary/aromatic N) is 1. The predicted molar refractivity (Wildman–Crippen MR) is 80.8 cm³/mol. The Kier molecular flexibility index (Phi) is 5.20. The molecule has 1 fully saturated rings. The van der Waals surface area contributed by atoms with Crippen molar-refractivity contribution in [1.29, 1.82) is 0 Å². The fraction of sp³-hybridized carbons (Fsp3) is 0.467. The number of nitrogens with one attached hydrogen (secondary N) is 1. The van der Waals surface area contributed by atoms with Crippen LogP contribution in [0.1, 0.15) is 23.7 Å². The highest BCUT2D eigenvalue weighted by molar-refractivity contribution is 6.30. The molecule has 0 bridgehead atoms. The third-order valence-corrected chi connectivity index (χ3v) is 4.03. The number of ether oxygens (including phenoxy) is 1. The standard InChI is InChI=1S/C15H19ClN2O3/c1-10(14(19)11-3-5-12(16)6-4-11)18-8-7-13(9-18)17-15(20)21-2/h3-6,10,13H,7-9H2,1-2H3,(H,17,20). The lowest BCUT2D eigenvalue weighted by Crippen LogP contribution is -2.41. The van der Waals surface area contributed by atoms with Crippen LogP contribution < -0.4 is 5.32 Å². The largest absolute Gasteiger partial charge is 0.453 e. The van der Waals surface area contributed by atoms with Crippen LogP contribution in [0.3, 0.4) is 0 Å². The van der Waals surface area contributed by atoms with Gasteiger partial charge in [-0.15, -0.1) is 0 Å². The van der Waals surface area contributed by atoms with Crippen LogP contribution in [0.5, 0.6) is 0 Å². The van der Waals surface area contributed by atoms with Gasteiger partial charge < -0.3 is 10.1 Å². The number of hydrogen-bond acceptors (Lipinski definition) is 4. The monoisotopic (exact) mass is 310 g/mol. The number of ketones is 1. The number of carbonyl (C=O) groups is 2. The van der Waals surface area contributed by atoms with E-state index in [2.05, 4.69) is 15.0 Å². The molecule has 0 aliphatic carbocycles. The van der Waals surface area contributed by atoms with Gasteiger partial charge in [0, 0.05) is 29.7 Å². The summed E-state index contributed by atoms with van der Waals surface area (Å²) < 4.78 is 4.59. The van der Waals surface area contributed by atoms with E-state index in [4.69, 9.17) is 11.6 Å². The fourth-order valence-corrected chi connectivity index (χ4v) is 2.63. The van der Waals surface area contributed by atoms with Crippen LogP contribution in [0.4, 0.5) is 4.79 Å². The van der Waals surface area contributed by atoms with Crippen molar-refractivity contribution in [1.82, 2.24) is 10.2 Å². The Morgan fingerprint density at radius 2 is 2.05 bits per heavy atom. The molecular formula is C15H19ClN2O3. The molecule has 114 valence electrons. The van der Waals surface area contributed by atoms with Gasteiger partial charge >= 0.3 is 6.09 Å². The van der Waals surface area contributed by atoms with Crippen LogP contribution in [0.25, 0.3) is 0 Å². The summed E-state index contributed by atoms with van der Waals surface area (Å²) in [4.78, 5) is 25.7. The number of hydrogen-bond donors (Lipinski definition) is 1. The highest BCUT2D eigenvalue weighted by Gasteiger charge is 2.30. The van der Waals surface area contributed by atoms with Crippen LogP contribution in [0, 0.1) is 0 Å². The second kappa shape index (κ2) is 6.91. The number of rotatable bonds is 4. The van der Waals surface area contributed by atoms with Gasteiger partial charge in [0.2, 0.25) is 0 Å². The van der Waals surface area contributed by atoms with Gasteiger partial charge in [-0.1, -0.05) is 11.6 Å². The Bertz CT molecular complexity index is 518. The van der Waals surface area contributed by atoms with Gasteiger partial charge in [-0.05, 0) is 37.6 Å². The molecule has 1 aliphatic heterocycles. The smallest absolute Gasteiger partial charge is 0.407 e. The number of benzene rings is 1. The van der Waals surface area contributed by atoms with Gasteiger partial charge in [0.05, 0.1) is 13.2 Å². The van der Waals surface area contributed by atoms with E-state index in [1.807, 2.05) is 6.92 Å². The van der Waals surface area contributed by atoms with Crippen LogP contribution in [-0.2, 0) is 4.74 Å². The number of amides is 1. The summed E-state index contributed by atoms with van der Waals surface area (Å²) in [6.45, 7) is 3.31. The maximum atomic E-state index is 12.4. The molecule has 2 unspecified atom stereocenters. The van der Waals surface area contributed by atoms with Crippen LogP contribution >= 0.6 is 11.6 Å². The molecule has 1 saturated heterocycles. The van der Waals surface area contributed by atoms with Crippen molar-refractivity contribution >= 4 is 23.5 Å². The lowest BCUT2D eigenvalue weighted by molar-refractivity contribution is 0.0864. The third-order valence-electron chi connectivity index (χ3n) is 3.78. The van der Waals surface area contributed by atoms with Crippen molar-refractivity contribution < 1.29 is 14.3 Å². The van der Waals surface area contributed by atoms with Gasteiger partial charge in [0.1, 0.15) is 0 Å². The lowest BCUT2D eigenvalue weighted by atomic mass is 10.0. The summed E-state index contributed by atoms with van der Waals surface area (Å²) >= 11 is 5.83. The molecule has 1 aliphatic rings. The van der Waals surface area contributed by atoms with Crippen molar-refractivity contribution in [2.24, 2.45) is 0 Å². The van der Waals surface area contributed by atoms with E-state index in [0.29, 0.717) is 17.1 Å². The van der Waals surface area contributed by atoms with Crippen LogP contribution in [-0.4, -0.2) is 49.1 Å². The molecule has 0 spiro atoms. The summed E-state index contributed by atoms with van der Waals surface area (Å²) in [5, 5.41) is 3.38. The molecule has 0 aromatic heterocycles. The first kappa shape index (κ1) is 15.8. The summed E-state index contributed by atoms with van der Waals surface area (Å²) in [6, 6.07) is 6.71. The molecule has 5 nitrogen and oxygen atoms in total. The number of Topliss-reactive ketones (excluding diaryl/α,β-unsaturated/α-hetero) is 1. The second-order valence-corrected chi connectivity index (χ2v) is 5.60. The Morgan fingerprint density at radius 3 is 2.67 bits per heavy atom. The number of methoxy groups -OCH3 is 1. The highest BCUT2D eigenvalue weighted by atomic mass is 35.5. The van der Waals surface area contributed by atoms with E-state index in [0.717, 1.165) is 13.0 Å². The minimum absolute atomic E-state index is 0.0258. The minimum atomic E-state index is -0.432. The molecule has 1 aromatic rings. The Morgan fingerprint density at radius 1 is 1.38 bits per heavy atom. The molecule has 0 saturated carbocycles. The lowest BCUT2D eigenvalue weighted by Gasteiger charge is -2.23. The first-order valence-corrected chi connectivity index (χ1v) is 7.27. The number of carbonyl (C=O) groups excluding carboxylic acids is 2. The minimum Gasteiger partial charge on any atom is -0.453 e. The first-order chi connectivity index (χ1) is 10.0. The van der Waals surface area contributed by atoms with Gasteiger partial charge in [0.25, 0.3) is 0 Å². The normalized spacial score (nSPS) is 20.0. The molecule has 1 heterocycles. The zero-order valence-electron chi connectivity index (χ0n) is 12.1. The van der Waals surface area contributed by atoms with E-state index < -0.39 is 6.09 Å². The molecule has 2 rings (SSSR count). The van der Waals surface area contributed by atoms with E-state index in [1.165, 1.54) is 7.11 Å². The van der Waals surface area contributed by atoms with Gasteiger partial charge in [-0.2, -0.15) is 0 Å². The molecule has 21 heavy (non-hydrogen) atoms. The van der Waals surface area contributed by atoms with Gasteiger partial charge in [-0.3, -0.25) is 9.69 Å². The van der Waals surface area contributed by atoms with Gasteiger partial charge in [0.15, 0.2) is 5.78 Å². The van der Waals surface area contributed by atoms with E-state index in [1.54, 1.807) is 24.3 Å². The average molecular weight is 311 g/mol. The maximum absolute atomic E-state index is 12.4. The molecule has 1 N–H and O–H groups in total. The van der Waals surface area contributed by atoms with Crippen molar-refractivity contribution in [3.8, 4) is 0 Å².